The second-order valence-corrected chi connectivity index (χ2v) is 9.29. The highest BCUT2D eigenvalue weighted by Gasteiger charge is 2.31. The number of sulfonamides is 1. The van der Waals surface area contributed by atoms with Crippen LogP contribution in [0, 0.1) is 5.92 Å². The molecule has 0 aliphatic carbocycles. The lowest BCUT2D eigenvalue weighted by Crippen LogP contribution is -2.42. The molecule has 2 N–H and O–H groups in total. The van der Waals surface area contributed by atoms with Crippen molar-refractivity contribution in [2.45, 2.75) is 30.0 Å². The van der Waals surface area contributed by atoms with Crippen molar-refractivity contribution in [1.82, 2.24) is 4.31 Å². The number of hydrogen-bond donors (Lipinski definition) is 1. The standard InChI is InChI=1S/C11H17BrN2O2S2.ClH/c1-8(13)9-4-6-14(7-5-9)18(15,16)11-3-2-10(12)17-11;/h2-3,8-9H,4-7,13H2,1H3;1H. The number of piperidine rings is 1. The summed E-state index contributed by atoms with van der Waals surface area (Å²) in [5.74, 6) is 0.437. The summed E-state index contributed by atoms with van der Waals surface area (Å²) >= 11 is 4.55. The van der Waals surface area contributed by atoms with Gasteiger partial charge >= 0.3 is 0 Å². The van der Waals surface area contributed by atoms with E-state index in [9.17, 15) is 8.42 Å². The molecule has 0 aromatic carbocycles. The normalized spacial score (nSPS) is 19.9. The van der Waals surface area contributed by atoms with Gasteiger partial charge in [-0.2, -0.15) is 4.31 Å². The van der Waals surface area contributed by atoms with Crippen molar-refractivity contribution in [2.24, 2.45) is 11.7 Å². The van der Waals surface area contributed by atoms with Gasteiger partial charge in [0.15, 0.2) is 0 Å². The van der Waals surface area contributed by atoms with Gasteiger partial charge in [-0.3, -0.25) is 0 Å². The van der Waals surface area contributed by atoms with E-state index in [1.807, 2.05) is 6.92 Å². The minimum absolute atomic E-state index is 0. The largest absolute Gasteiger partial charge is 0.328 e. The smallest absolute Gasteiger partial charge is 0.252 e. The zero-order valence-corrected chi connectivity index (χ0v) is 14.6. The lowest BCUT2D eigenvalue weighted by molar-refractivity contribution is 0.251. The number of nitrogens with two attached hydrogens (primary N) is 1. The van der Waals surface area contributed by atoms with Crippen molar-refractivity contribution in [3.8, 4) is 0 Å². The van der Waals surface area contributed by atoms with Gasteiger partial charge in [-0.05, 0) is 53.7 Å². The Morgan fingerprint density at radius 2 is 2.00 bits per heavy atom. The highest BCUT2D eigenvalue weighted by Crippen LogP contribution is 2.31. The predicted octanol–water partition coefficient (Wildman–Crippen LogP) is 2.68. The van der Waals surface area contributed by atoms with Crippen LogP contribution < -0.4 is 5.73 Å². The Morgan fingerprint density at radius 1 is 1.42 bits per heavy atom. The fourth-order valence-electron chi connectivity index (χ4n) is 2.21. The Hall–Kier alpha value is 0.340. The van der Waals surface area contributed by atoms with Crippen LogP contribution in [0.3, 0.4) is 0 Å². The first-order valence-corrected chi connectivity index (χ1v) is 8.97. The minimum atomic E-state index is -3.31. The van der Waals surface area contributed by atoms with Crippen molar-refractivity contribution in [1.29, 1.82) is 0 Å². The summed E-state index contributed by atoms with van der Waals surface area (Å²) in [5, 5.41) is 0. The van der Waals surface area contributed by atoms with Crippen LogP contribution in [-0.2, 0) is 10.0 Å². The van der Waals surface area contributed by atoms with E-state index in [2.05, 4.69) is 15.9 Å². The van der Waals surface area contributed by atoms with Crippen molar-refractivity contribution in [2.75, 3.05) is 13.1 Å². The summed E-state index contributed by atoms with van der Waals surface area (Å²) < 4.78 is 27.5. The molecule has 1 aromatic rings. The second kappa shape index (κ2) is 6.87. The maximum absolute atomic E-state index is 12.4. The molecule has 1 atom stereocenters. The Bertz CT molecular complexity index is 511. The van der Waals surface area contributed by atoms with Gasteiger partial charge in [0.25, 0.3) is 10.0 Å². The van der Waals surface area contributed by atoms with E-state index < -0.39 is 10.0 Å². The summed E-state index contributed by atoms with van der Waals surface area (Å²) in [6.07, 6.45) is 1.70. The molecule has 1 unspecified atom stereocenters. The summed E-state index contributed by atoms with van der Waals surface area (Å²) in [5.41, 5.74) is 5.86. The van der Waals surface area contributed by atoms with Crippen LogP contribution in [-0.4, -0.2) is 31.9 Å². The first-order chi connectivity index (χ1) is 8.41. The highest BCUT2D eigenvalue weighted by atomic mass is 79.9. The summed E-state index contributed by atoms with van der Waals surface area (Å²) in [7, 11) is -3.31. The van der Waals surface area contributed by atoms with Crippen LogP contribution in [0.25, 0.3) is 0 Å². The summed E-state index contributed by atoms with van der Waals surface area (Å²) in [6.45, 7) is 3.14. The molecule has 0 radical (unpaired) electrons. The van der Waals surface area contributed by atoms with Gasteiger partial charge in [0.2, 0.25) is 0 Å². The van der Waals surface area contributed by atoms with Gasteiger partial charge in [0.1, 0.15) is 4.21 Å². The van der Waals surface area contributed by atoms with Gasteiger partial charge in [0, 0.05) is 19.1 Å². The van der Waals surface area contributed by atoms with Crippen molar-refractivity contribution in [3.05, 3.63) is 15.9 Å². The van der Waals surface area contributed by atoms with Crippen molar-refractivity contribution >= 4 is 49.7 Å². The highest BCUT2D eigenvalue weighted by molar-refractivity contribution is 9.11. The van der Waals surface area contributed by atoms with E-state index in [-0.39, 0.29) is 18.4 Å². The molecule has 1 aromatic heterocycles. The monoisotopic (exact) mass is 388 g/mol. The fourth-order valence-corrected chi connectivity index (χ4v) is 5.84. The molecule has 1 aliphatic heterocycles. The maximum Gasteiger partial charge on any atom is 0.252 e. The summed E-state index contributed by atoms with van der Waals surface area (Å²) in [4.78, 5) is 0. The van der Waals surface area contributed by atoms with Gasteiger partial charge in [-0.25, -0.2) is 8.42 Å². The number of nitrogens with zero attached hydrogens (tertiary/aromatic N) is 1. The van der Waals surface area contributed by atoms with Crippen LogP contribution in [0.1, 0.15) is 19.8 Å². The lowest BCUT2D eigenvalue weighted by Gasteiger charge is -2.32. The first kappa shape index (κ1) is 17.4. The Balaban J connectivity index is 0.00000180. The van der Waals surface area contributed by atoms with Crippen LogP contribution >= 0.6 is 39.7 Å². The fraction of sp³-hybridized carbons (Fsp3) is 0.636. The van der Waals surface area contributed by atoms with E-state index >= 15 is 0 Å². The van der Waals surface area contributed by atoms with Crippen LogP contribution in [0.2, 0.25) is 0 Å². The molecule has 110 valence electrons. The molecule has 2 heterocycles. The van der Waals surface area contributed by atoms with E-state index in [1.54, 1.807) is 16.4 Å². The van der Waals surface area contributed by atoms with Crippen molar-refractivity contribution < 1.29 is 8.42 Å². The Labute approximate surface area is 133 Å². The van der Waals surface area contributed by atoms with E-state index in [4.69, 9.17) is 5.73 Å². The Morgan fingerprint density at radius 3 is 2.42 bits per heavy atom. The predicted molar refractivity (Wildman–Crippen MR) is 84.4 cm³/mol. The third-order valence-corrected chi connectivity index (χ3v) is 7.37. The molecular weight excluding hydrogens is 372 g/mol. The van der Waals surface area contributed by atoms with E-state index in [1.165, 1.54) is 11.3 Å². The van der Waals surface area contributed by atoms with Gasteiger partial charge in [0.05, 0.1) is 3.79 Å². The minimum Gasteiger partial charge on any atom is -0.328 e. The van der Waals surface area contributed by atoms with E-state index in [0.29, 0.717) is 23.2 Å². The maximum atomic E-state index is 12.4. The molecule has 1 fully saturated rings. The first-order valence-electron chi connectivity index (χ1n) is 5.92. The molecule has 8 heteroatoms. The molecule has 0 amide bonds. The van der Waals surface area contributed by atoms with Gasteiger partial charge in [-0.1, -0.05) is 0 Å². The molecule has 0 spiro atoms. The third kappa shape index (κ3) is 3.92. The zero-order chi connectivity index (χ0) is 13.3. The number of halogens is 2. The Kier molecular flexibility index (Phi) is 6.28. The molecule has 19 heavy (non-hydrogen) atoms. The number of hydrogen-bond acceptors (Lipinski definition) is 4. The average molecular weight is 390 g/mol. The molecule has 0 bridgehead atoms. The zero-order valence-electron chi connectivity index (χ0n) is 10.6. The van der Waals surface area contributed by atoms with Gasteiger partial charge in [-0.15, -0.1) is 23.7 Å². The molecule has 1 aliphatic rings. The summed E-state index contributed by atoms with van der Waals surface area (Å²) in [6, 6.07) is 3.57. The van der Waals surface area contributed by atoms with Crippen molar-refractivity contribution in [3.63, 3.8) is 0 Å². The quantitative estimate of drug-likeness (QED) is 0.864. The van der Waals surface area contributed by atoms with Crippen LogP contribution in [0.5, 0.6) is 0 Å². The molecular formula is C11H18BrClN2O2S2. The SMILES string of the molecule is CC(N)C1CCN(S(=O)(=O)c2ccc(Br)s2)CC1.Cl. The van der Waals surface area contributed by atoms with Crippen LogP contribution in [0.15, 0.2) is 20.1 Å². The molecule has 4 nitrogen and oxygen atoms in total. The van der Waals surface area contributed by atoms with Gasteiger partial charge < -0.3 is 5.73 Å². The van der Waals surface area contributed by atoms with E-state index in [0.717, 1.165) is 16.6 Å². The molecule has 2 rings (SSSR count). The molecule has 0 saturated carbocycles. The lowest BCUT2D eigenvalue weighted by atomic mass is 9.92. The van der Waals surface area contributed by atoms with Crippen LogP contribution in [0.4, 0.5) is 0 Å². The second-order valence-electron chi connectivity index (χ2n) is 4.66. The number of thiophene rings is 1. The topological polar surface area (TPSA) is 63.4 Å². The molecule has 1 saturated heterocycles. The average Bonchev–Trinajstić information content (AvgIpc) is 2.76. The third-order valence-electron chi connectivity index (χ3n) is 3.38. The number of rotatable bonds is 3.